The summed E-state index contributed by atoms with van der Waals surface area (Å²) >= 11 is 1.67. The first-order valence-electron chi connectivity index (χ1n) is 6.76. The molecule has 0 amide bonds. The van der Waals surface area contributed by atoms with Crippen molar-refractivity contribution >= 4 is 22.7 Å². The third kappa shape index (κ3) is 3.63. The topological polar surface area (TPSA) is 60.2 Å². The van der Waals surface area contributed by atoms with Crippen molar-refractivity contribution < 1.29 is 4.74 Å². The van der Waals surface area contributed by atoms with Crippen molar-refractivity contribution in [2.75, 3.05) is 17.6 Å². The van der Waals surface area contributed by atoms with Crippen LogP contribution in [-0.4, -0.2) is 17.6 Å². The van der Waals surface area contributed by atoms with Gasteiger partial charge in [0.15, 0.2) is 0 Å². The van der Waals surface area contributed by atoms with E-state index in [1.165, 1.54) is 0 Å². The van der Waals surface area contributed by atoms with E-state index in [0.717, 1.165) is 23.0 Å². The molecule has 0 saturated heterocycles. The Morgan fingerprint density at radius 1 is 1.35 bits per heavy atom. The van der Waals surface area contributed by atoms with Gasteiger partial charge in [0.25, 0.3) is 0 Å². The smallest absolute Gasteiger partial charge is 0.144 e. The molecule has 5 heteroatoms. The number of nitrogens with zero attached hydrogens (tertiary/aromatic N) is 1. The summed E-state index contributed by atoms with van der Waals surface area (Å²) < 4.78 is 5.69. The van der Waals surface area contributed by atoms with E-state index in [1.807, 2.05) is 43.6 Å². The van der Waals surface area contributed by atoms with Crippen LogP contribution in [0.5, 0.6) is 5.75 Å². The molecule has 0 aliphatic heterocycles. The molecule has 4 nitrogen and oxygen atoms in total. The Hall–Kier alpha value is -1.75. The Bertz CT molecular complexity index is 540. The number of nitrogens with one attached hydrogen (secondary N) is 1. The SMILES string of the molecule is CC(C)Oc1cccc(NCC(C)c2nccs2)c1N. The Morgan fingerprint density at radius 3 is 2.80 bits per heavy atom. The lowest BCUT2D eigenvalue weighted by Gasteiger charge is -2.17. The lowest BCUT2D eigenvalue weighted by atomic mass is 10.2. The molecule has 0 aliphatic rings. The standard InChI is InChI=1S/C15H21N3OS/c1-10(2)19-13-6-4-5-12(14(13)16)18-9-11(3)15-17-7-8-20-15/h4-8,10-11,18H,9,16H2,1-3H3. The summed E-state index contributed by atoms with van der Waals surface area (Å²) in [7, 11) is 0. The van der Waals surface area contributed by atoms with E-state index in [4.69, 9.17) is 10.5 Å². The summed E-state index contributed by atoms with van der Waals surface area (Å²) in [6, 6.07) is 5.81. The highest BCUT2D eigenvalue weighted by Crippen LogP contribution is 2.30. The second-order valence-corrected chi connectivity index (χ2v) is 5.96. The van der Waals surface area contributed by atoms with Crippen molar-refractivity contribution in [3.63, 3.8) is 0 Å². The molecule has 1 aromatic carbocycles. The highest BCUT2D eigenvalue weighted by Gasteiger charge is 2.11. The largest absolute Gasteiger partial charge is 0.489 e. The molecule has 3 N–H and O–H groups in total. The number of nitrogen functional groups attached to an aromatic ring is 1. The predicted octanol–water partition coefficient (Wildman–Crippen LogP) is 3.73. The molecule has 2 aromatic rings. The van der Waals surface area contributed by atoms with Crippen molar-refractivity contribution in [3.05, 3.63) is 34.8 Å². The van der Waals surface area contributed by atoms with Gasteiger partial charge in [0.1, 0.15) is 5.75 Å². The summed E-state index contributed by atoms with van der Waals surface area (Å²) in [5, 5.41) is 6.50. The van der Waals surface area contributed by atoms with Crippen molar-refractivity contribution in [1.82, 2.24) is 4.98 Å². The van der Waals surface area contributed by atoms with Crippen LogP contribution in [0.25, 0.3) is 0 Å². The maximum absolute atomic E-state index is 6.14. The van der Waals surface area contributed by atoms with Crippen LogP contribution in [0, 0.1) is 0 Å². The zero-order valence-electron chi connectivity index (χ0n) is 12.1. The van der Waals surface area contributed by atoms with Crippen LogP contribution < -0.4 is 15.8 Å². The molecular weight excluding hydrogens is 270 g/mol. The Labute approximate surface area is 124 Å². The van der Waals surface area contributed by atoms with Gasteiger partial charge in [-0.3, -0.25) is 0 Å². The summed E-state index contributed by atoms with van der Waals surface area (Å²) in [5.41, 5.74) is 7.70. The fourth-order valence-corrected chi connectivity index (χ4v) is 2.58. The van der Waals surface area contributed by atoms with Crippen LogP contribution >= 0.6 is 11.3 Å². The Morgan fingerprint density at radius 2 is 2.15 bits per heavy atom. The van der Waals surface area contributed by atoms with E-state index in [-0.39, 0.29) is 6.10 Å². The molecule has 1 unspecified atom stereocenters. The minimum absolute atomic E-state index is 0.113. The van der Waals surface area contributed by atoms with Gasteiger partial charge in [-0.15, -0.1) is 11.3 Å². The number of anilines is 2. The average Bonchev–Trinajstić information content (AvgIpc) is 2.93. The monoisotopic (exact) mass is 291 g/mol. The highest BCUT2D eigenvalue weighted by molar-refractivity contribution is 7.09. The van der Waals surface area contributed by atoms with Crippen molar-refractivity contribution in [2.45, 2.75) is 32.8 Å². The first-order chi connectivity index (χ1) is 9.58. The van der Waals surface area contributed by atoms with E-state index in [1.54, 1.807) is 11.3 Å². The van der Waals surface area contributed by atoms with Crippen LogP contribution in [0.2, 0.25) is 0 Å². The van der Waals surface area contributed by atoms with Crippen molar-refractivity contribution in [2.24, 2.45) is 0 Å². The number of thiazole rings is 1. The number of hydrogen-bond acceptors (Lipinski definition) is 5. The average molecular weight is 291 g/mol. The van der Waals surface area contributed by atoms with Gasteiger partial charge in [0.05, 0.1) is 22.5 Å². The predicted molar refractivity (Wildman–Crippen MR) is 85.6 cm³/mol. The number of rotatable bonds is 6. The summed E-state index contributed by atoms with van der Waals surface area (Å²) in [5.74, 6) is 1.08. The van der Waals surface area contributed by atoms with Gasteiger partial charge < -0.3 is 15.8 Å². The number of hydrogen-bond donors (Lipinski definition) is 2. The van der Waals surface area contributed by atoms with Gasteiger partial charge in [-0.2, -0.15) is 0 Å². The Kier molecular flexibility index (Phi) is 4.84. The van der Waals surface area contributed by atoms with Gasteiger partial charge in [-0.25, -0.2) is 4.98 Å². The van der Waals surface area contributed by atoms with E-state index in [2.05, 4.69) is 17.2 Å². The second kappa shape index (κ2) is 6.61. The first kappa shape index (κ1) is 14.7. The van der Waals surface area contributed by atoms with E-state index in [0.29, 0.717) is 11.6 Å². The number of para-hydroxylation sites is 1. The van der Waals surface area contributed by atoms with Gasteiger partial charge in [0, 0.05) is 24.0 Å². The zero-order valence-corrected chi connectivity index (χ0v) is 12.9. The summed E-state index contributed by atoms with van der Waals surface area (Å²) in [6.07, 6.45) is 1.95. The molecule has 0 radical (unpaired) electrons. The van der Waals surface area contributed by atoms with Gasteiger partial charge in [-0.05, 0) is 26.0 Å². The zero-order chi connectivity index (χ0) is 14.5. The first-order valence-corrected chi connectivity index (χ1v) is 7.64. The summed E-state index contributed by atoms with van der Waals surface area (Å²) in [6.45, 7) is 6.92. The summed E-state index contributed by atoms with van der Waals surface area (Å²) in [4.78, 5) is 4.33. The molecule has 0 saturated carbocycles. The molecular formula is C15H21N3OS. The molecule has 0 spiro atoms. The molecule has 108 valence electrons. The maximum atomic E-state index is 6.14. The number of benzene rings is 1. The normalized spacial score (nSPS) is 12.4. The van der Waals surface area contributed by atoms with Crippen LogP contribution in [0.3, 0.4) is 0 Å². The van der Waals surface area contributed by atoms with Crippen molar-refractivity contribution in [3.8, 4) is 5.75 Å². The third-order valence-corrected chi connectivity index (χ3v) is 3.91. The molecule has 1 aromatic heterocycles. The van der Waals surface area contributed by atoms with Gasteiger partial charge in [0.2, 0.25) is 0 Å². The van der Waals surface area contributed by atoms with E-state index in [9.17, 15) is 0 Å². The quantitative estimate of drug-likeness (QED) is 0.796. The maximum Gasteiger partial charge on any atom is 0.144 e. The van der Waals surface area contributed by atoms with E-state index < -0.39 is 0 Å². The fourth-order valence-electron chi connectivity index (χ4n) is 1.88. The molecule has 1 heterocycles. The fraction of sp³-hybridized carbons (Fsp3) is 0.400. The molecule has 1 atom stereocenters. The van der Waals surface area contributed by atoms with Gasteiger partial charge in [-0.1, -0.05) is 13.0 Å². The Balaban J connectivity index is 2.02. The van der Waals surface area contributed by atoms with Crippen LogP contribution in [-0.2, 0) is 0 Å². The van der Waals surface area contributed by atoms with Crippen molar-refractivity contribution in [1.29, 1.82) is 0 Å². The van der Waals surface area contributed by atoms with Crippen LogP contribution in [0.4, 0.5) is 11.4 Å². The van der Waals surface area contributed by atoms with E-state index >= 15 is 0 Å². The minimum atomic E-state index is 0.113. The molecule has 0 bridgehead atoms. The van der Waals surface area contributed by atoms with Gasteiger partial charge >= 0.3 is 0 Å². The van der Waals surface area contributed by atoms with Crippen LogP contribution in [0.15, 0.2) is 29.8 Å². The lowest BCUT2D eigenvalue weighted by molar-refractivity contribution is 0.244. The minimum Gasteiger partial charge on any atom is -0.489 e. The molecule has 2 rings (SSSR count). The number of aromatic nitrogens is 1. The lowest BCUT2D eigenvalue weighted by Crippen LogP contribution is -2.12. The molecule has 0 fully saturated rings. The number of nitrogens with two attached hydrogens (primary N) is 1. The second-order valence-electron chi connectivity index (χ2n) is 5.04. The number of ether oxygens (including phenoxy) is 1. The molecule has 20 heavy (non-hydrogen) atoms. The highest BCUT2D eigenvalue weighted by atomic mass is 32.1. The molecule has 0 aliphatic carbocycles. The third-order valence-electron chi connectivity index (χ3n) is 2.90. The van der Waals surface area contributed by atoms with Crippen LogP contribution in [0.1, 0.15) is 31.7 Å².